The molecule has 0 aliphatic rings. The van der Waals surface area contributed by atoms with E-state index in [1.165, 1.54) is 0 Å². The lowest BCUT2D eigenvalue weighted by Gasteiger charge is -2.08. The molecule has 2 rings (SSSR count). The number of nitrogens with zero attached hydrogens (tertiary/aromatic N) is 1. The van der Waals surface area contributed by atoms with Gasteiger partial charge in [0, 0.05) is 24.3 Å². The van der Waals surface area contributed by atoms with Gasteiger partial charge in [-0.3, -0.25) is 9.89 Å². The zero-order valence-electron chi connectivity index (χ0n) is 12.5. The molecule has 0 saturated carbocycles. The fourth-order valence-electron chi connectivity index (χ4n) is 2.01. The predicted molar refractivity (Wildman–Crippen MR) is 85.0 cm³/mol. The highest BCUT2D eigenvalue weighted by atomic mass is 16.1. The van der Waals surface area contributed by atoms with Crippen LogP contribution in [0.25, 0.3) is 11.3 Å². The highest BCUT2D eigenvalue weighted by Crippen LogP contribution is 2.18. The molecule has 3 N–H and O–H groups in total. The van der Waals surface area contributed by atoms with E-state index in [-0.39, 0.29) is 5.91 Å². The molecule has 0 spiro atoms. The van der Waals surface area contributed by atoms with Gasteiger partial charge in [-0.05, 0) is 36.7 Å². The third-order valence-corrected chi connectivity index (χ3v) is 3.11. The lowest BCUT2D eigenvalue weighted by molar-refractivity contribution is -0.116. The molecule has 0 aliphatic carbocycles. The Bertz CT molecular complexity index is 546. The molecule has 1 aromatic carbocycles. The second-order valence-corrected chi connectivity index (χ2v) is 5.31. The first-order valence-corrected chi connectivity index (χ1v) is 7.28. The molecule has 1 amide bonds. The lowest BCUT2D eigenvalue weighted by Crippen LogP contribution is -2.24. The average Bonchev–Trinajstić information content (AvgIpc) is 2.98. The predicted octanol–water partition coefficient (Wildman–Crippen LogP) is 2.79. The van der Waals surface area contributed by atoms with Crippen molar-refractivity contribution in [3.05, 3.63) is 36.5 Å². The van der Waals surface area contributed by atoms with Crippen molar-refractivity contribution in [1.29, 1.82) is 0 Å². The first-order chi connectivity index (χ1) is 10.1. The maximum atomic E-state index is 11.8. The largest absolute Gasteiger partial charge is 0.326 e. The minimum atomic E-state index is 0.0508. The Morgan fingerprint density at radius 1 is 1.24 bits per heavy atom. The molecule has 0 unspecified atom stereocenters. The molecule has 1 heterocycles. The van der Waals surface area contributed by atoms with Gasteiger partial charge in [0.2, 0.25) is 5.91 Å². The Kier molecular flexibility index (Phi) is 5.51. The number of H-pyrrole nitrogens is 1. The molecule has 0 saturated heterocycles. The molecule has 0 aliphatic heterocycles. The molecule has 0 bridgehead atoms. The van der Waals surface area contributed by atoms with Crippen molar-refractivity contribution in [2.45, 2.75) is 32.7 Å². The number of hydrogen-bond acceptors (Lipinski definition) is 3. The minimum Gasteiger partial charge on any atom is -0.326 e. The van der Waals surface area contributed by atoms with Crippen LogP contribution in [0.1, 0.15) is 26.7 Å². The molecule has 0 atom stereocenters. The van der Waals surface area contributed by atoms with Gasteiger partial charge in [0.05, 0.1) is 5.69 Å². The van der Waals surface area contributed by atoms with E-state index in [1.807, 2.05) is 30.3 Å². The van der Waals surface area contributed by atoms with Gasteiger partial charge in [-0.25, -0.2) is 0 Å². The van der Waals surface area contributed by atoms with Crippen molar-refractivity contribution in [3.63, 3.8) is 0 Å². The van der Waals surface area contributed by atoms with E-state index in [9.17, 15) is 4.79 Å². The average molecular weight is 286 g/mol. The second-order valence-electron chi connectivity index (χ2n) is 5.31. The van der Waals surface area contributed by atoms with E-state index >= 15 is 0 Å². The molecular formula is C16H22N4O. The number of anilines is 1. The summed E-state index contributed by atoms with van der Waals surface area (Å²) in [5.74, 6) is 0.0508. The van der Waals surface area contributed by atoms with Gasteiger partial charge >= 0.3 is 0 Å². The van der Waals surface area contributed by atoms with Crippen LogP contribution in [0.4, 0.5) is 5.69 Å². The van der Waals surface area contributed by atoms with Crippen molar-refractivity contribution >= 4 is 11.6 Å². The molecular weight excluding hydrogens is 264 g/mol. The number of aromatic nitrogens is 2. The monoisotopic (exact) mass is 286 g/mol. The van der Waals surface area contributed by atoms with Crippen LogP contribution in [0.15, 0.2) is 36.5 Å². The van der Waals surface area contributed by atoms with E-state index in [4.69, 9.17) is 0 Å². The van der Waals surface area contributed by atoms with E-state index in [2.05, 4.69) is 34.7 Å². The van der Waals surface area contributed by atoms with E-state index in [1.54, 1.807) is 6.20 Å². The summed E-state index contributed by atoms with van der Waals surface area (Å²) in [6.07, 6.45) is 3.09. The highest BCUT2D eigenvalue weighted by molar-refractivity contribution is 5.90. The van der Waals surface area contributed by atoms with E-state index in [0.717, 1.165) is 29.9 Å². The molecule has 112 valence electrons. The molecule has 21 heavy (non-hydrogen) atoms. The minimum absolute atomic E-state index is 0.0508. The fourth-order valence-corrected chi connectivity index (χ4v) is 2.01. The lowest BCUT2D eigenvalue weighted by atomic mass is 10.1. The Labute approximate surface area is 125 Å². The molecule has 2 aromatic rings. The third-order valence-electron chi connectivity index (χ3n) is 3.11. The van der Waals surface area contributed by atoms with Gasteiger partial charge in [0.15, 0.2) is 0 Å². The summed E-state index contributed by atoms with van der Waals surface area (Å²) < 4.78 is 0. The number of carbonyl (C=O) groups excluding carboxylic acids is 1. The van der Waals surface area contributed by atoms with Gasteiger partial charge in [-0.15, -0.1) is 0 Å². The standard InChI is InChI=1S/C16H22N4O/c1-12(2)17-10-3-4-16(21)19-14-7-5-13(6-8-14)15-9-11-18-20-15/h5-9,11-12,17H,3-4,10H2,1-2H3,(H,18,20)(H,19,21). The Morgan fingerprint density at radius 3 is 2.62 bits per heavy atom. The smallest absolute Gasteiger partial charge is 0.224 e. The summed E-state index contributed by atoms with van der Waals surface area (Å²) in [4.78, 5) is 11.8. The van der Waals surface area contributed by atoms with Crippen LogP contribution < -0.4 is 10.6 Å². The van der Waals surface area contributed by atoms with Crippen LogP contribution in [-0.4, -0.2) is 28.7 Å². The number of rotatable bonds is 7. The van der Waals surface area contributed by atoms with Gasteiger partial charge in [0.1, 0.15) is 0 Å². The Balaban J connectivity index is 1.79. The Morgan fingerprint density at radius 2 is 2.00 bits per heavy atom. The normalized spacial score (nSPS) is 10.8. The number of carbonyl (C=O) groups is 1. The maximum absolute atomic E-state index is 11.8. The SMILES string of the molecule is CC(C)NCCCC(=O)Nc1ccc(-c2ccn[nH]2)cc1. The fraction of sp³-hybridized carbons (Fsp3) is 0.375. The van der Waals surface area contributed by atoms with Crippen LogP contribution in [0.5, 0.6) is 0 Å². The molecule has 0 radical (unpaired) electrons. The third kappa shape index (κ3) is 5.04. The van der Waals surface area contributed by atoms with Gasteiger partial charge in [0.25, 0.3) is 0 Å². The highest BCUT2D eigenvalue weighted by Gasteiger charge is 2.04. The quantitative estimate of drug-likeness (QED) is 0.685. The summed E-state index contributed by atoms with van der Waals surface area (Å²) >= 11 is 0. The molecule has 1 aromatic heterocycles. The second kappa shape index (κ2) is 7.59. The van der Waals surface area contributed by atoms with Gasteiger partial charge in [-0.1, -0.05) is 26.0 Å². The molecule has 0 fully saturated rings. The number of hydrogen-bond donors (Lipinski definition) is 3. The topological polar surface area (TPSA) is 69.8 Å². The summed E-state index contributed by atoms with van der Waals surface area (Å²) in [6, 6.07) is 10.1. The van der Waals surface area contributed by atoms with Crippen molar-refractivity contribution < 1.29 is 4.79 Å². The van der Waals surface area contributed by atoms with Crippen molar-refractivity contribution in [1.82, 2.24) is 15.5 Å². The van der Waals surface area contributed by atoms with Crippen LogP contribution in [0.2, 0.25) is 0 Å². The van der Waals surface area contributed by atoms with Crippen LogP contribution in [0.3, 0.4) is 0 Å². The number of benzene rings is 1. The zero-order chi connectivity index (χ0) is 15.1. The van der Waals surface area contributed by atoms with Crippen LogP contribution in [-0.2, 0) is 4.79 Å². The zero-order valence-corrected chi connectivity index (χ0v) is 12.5. The number of nitrogens with one attached hydrogen (secondary N) is 3. The summed E-state index contributed by atoms with van der Waals surface area (Å²) in [5, 5.41) is 13.0. The van der Waals surface area contributed by atoms with Crippen molar-refractivity contribution in [2.24, 2.45) is 0 Å². The van der Waals surface area contributed by atoms with E-state index in [0.29, 0.717) is 12.5 Å². The summed E-state index contributed by atoms with van der Waals surface area (Å²) in [5.41, 5.74) is 2.83. The summed E-state index contributed by atoms with van der Waals surface area (Å²) in [7, 11) is 0. The molecule has 5 nitrogen and oxygen atoms in total. The summed E-state index contributed by atoms with van der Waals surface area (Å²) in [6.45, 7) is 5.06. The van der Waals surface area contributed by atoms with E-state index < -0.39 is 0 Å². The number of amides is 1. The van der Waals surface area contributed by atoms with Gasteiger partial charge < -0.3 is 10.6 Å². The van der Waals surface area contributed by atoms with Crippen LogP contribution >= 0.6 is 0 Å². The first-order valence-electron chi connectivity index (χ1n) is 7.28. The first kappa shape index (κ1) is 15.3. The maximum Gasteiger partial charge on any atom is 0.224 e. The van der Waals surface area contributed by atoms with Crippen LogP contribution in [0, 0.1) is 0 Å². The van der Waals surface area contributed by atoms with Crippen molar-refractivity contribution in [3.8, 4) is 11.3 Å². The Hall–Kier alpha value is -2.14. The number of aromatic amines is 1. The molecule has 5 heteroatoms. The van der Waals surface area contributed by atoms with Crippen molar-refractivity contribution in [2.75, 3.05) is 11.9 Å². The van der Waals surface area contributed by atoms with Gasteiger partial charge in [-0.2, -0.15) is 5.10 Å².